The Bertz CT molecular complexity index is 336. The van der Waals surface area contributed by atoms with Crippen molar-refractivity contribution >= 4 is 27.7 Å². The van der Waals surface area contributed by atoms with E-state index in [1.54, 1.807) is 0 Å². The first-order valence-electron chi connectivity index (χ1n) is 5.61. The van der Waals surface area contributed by atoms with Crippen molar-refractivity contribution in [3.8, 4) is 0 Å². The molecule has 5 heteroatoms. The van der Waals surface area contributed by atoms with Gasteiger partial charge in [-0.15, -0.1) is 0 Å². The van der Waals surface area contributed by atoms with Crippen LogP contribution in [0.3, 0.4) is 0 Å². The second-order valence-corrected chi connectivity index (χ2v) is 5.88. The van der Waals surface area contributed by atoms with Crippen molar-refractivity contribution < 1.29 is 0 Å². The van der Waals surface area contributed by atoms with Gasteiger partial charge in [0.05, 0.1) is 15.9 Å². The Morgan fingerprint density at radius 1 is 1.56 bits per heavy atom. The minimum atomic E-state index is 0.300. The lowest BCUT2D eigenvalue weighted by Gasteiger charge is -2.07. The first kappa shape index (κ1) is 14.1. The molecule has 1 heterocycles. The van der Waals surface area contributed by atoms with E-state index < -0.39 is 0 Å². The summed E-state index contributed by atoms with van der Waals surface area (Å²) < 4.78 is 3.22. The highest BCUT2D eigenvalue weighted by atomic mass is 79.9. The van der Waals surface area contributed by atoms with E-state index in [0.717, 1.165) is 34.6 Å². The molecular formula is C11H20BrN3S. The molecule has 0 spiro atoms. The van der Waals surface area contributed by atoms with Crippen LogP contribution in [0.25, 0.3) is 0 Å². The SMILES string of the molecule is CCn1nc(C)c(Br)c1CSCCC(C)N. The van der Waals surface area contributed by atoms with E-state index in [2.05, 4.69) is 39.6 Å². The van der Waals surface area contributed by atoms with Crippen LogP contribution in [-0.2, 0) is 12.3 Å². The lowest BCUT2D eigenvalue weighted by Crippen LogP contribution is -2.15. The van der Waals surface area contributed by atoms with Crippen molar-refractivity contribution in [3.05, 3.63) is 15.9 Å². The summed E-state index contributed by atoms with van der Waals surface area (Å²) >= 11 is 5.52. The van der Waals surface area contributed by atoms with E-state index in [1.807, 2.05) is 18.7 Å². The molecular weight excluding hydrogens is 286 g/mol. The Morgan fingerprint density at radius 3 is 2.81 bits per heavy atom. The van der Waals surface area contributed by atoms with Crippen molar-refractivity contribution in [2.45, 2.75) is 45.5 Å². The number of hydrogen-bond donors (Lipinski definition) is 1. The Balaban J connectivity index is 2.52. The summed E-state index contributed by atoms with van der Waals surface area (Å²) in [7, 11) is 0. The average molecular weight is 306 g/mol. The highest BCUT2D eigenvalue weighted by molar-refractivity contribution is 9.10. The molecule has 0 bridgehead atoms. The van der Waals surface area contributed by atoms with Gasteiger partial charge in [-0.3, -0.25) is 4.68 Å². The van der Waals surface area contributed by atoms with E-state index in [0.29, 0.717) is 6.04 Å². The van der Waals surface area contributed by atoms with Gasteiger partial charge in [-0.2, -0.15) is 16.9 Å². The predicted molar refractivity (Wildman–Crippen MR) is 74.8 cm³/mol. The van der Waals surface area contributed by atoms with E-state index in [4.69, 9.17) is 5.73 Å². The third-order valence-electron chi connectivity index (χ3n) is 2.41. The van der Waals surface area contributed by atoms with Gasteiger partial charge in [0.2, 0.25) is 0 Å². The van der Waals surface area contributed by atoms with E-state index in [-0.39, 0.29) is 0 Å². The molecule has 16 heavy (non-hydrogen) atoms. The van der Waals surface area contributed by atoms with Gasteiger partial charge < -0.3 is 5.73 Å². The van der Waals surface area contributed by atoms with Crippen LogP contribution in [0.15, 0.2) is 4.47 Å². The number of hydrogen-bond acceptors (Lipinski definition) is 3. The van der Waals surface area contributed by atoms with Crippen LogP contribution in [0, 0.1) is 6.92 Å². The molecule has 0 saturated carbocycles. The topological polar surface area (TPSA) is 43.8 Å². The Hall–Kier alpha value is -0.0000000000000000763. The third kappa shape index (κ3) is 3.79. The second kappa shape index (κ2) is 6.67. The molecule has 0 aliphatic rings. The van der Waals surface area contributed by atoms with Gasteiger partial charge in [0.1, 0.15) is 0 Å². The first-order valence-corrected chi connectivity index (χ1v) is 7.56. The Labute approximate surface area is 110 Å². The van der Waals surface area contributed by atoms with Crippen LogP contribution in [0.2, 0.25) is 0 Å². The number of aryl methyl sites for hydroxylation is 2. The molecule has 1 atom stereocenters. The number of rotatable bonds is 6. The number of halogens is 1. The standard InChI is InChI=1S/C11H20BrN3S/c1-4-15-10(11(12)9(3)14-15)7-16-6-5-8(2)13/h8H,4-7,13H2,1-3H3. The van der Waals surface area contributed by atoms with Crippen LogP contribution < -0.4 is 5.73 Å². The van der Waals surface area contributed by atoms with Crippen LogP contribution in [0.4, 0.5) is 0 Å². The van der Waals surface area contributed by atoms with Crippen LogP contribution in [-0.4, -0.2) is 21.6 Å². The molecule has 0 amide bonds. The van der Waals surface area contributed by atoms with Crippen molar-refractivity contribution in [1.29, 1.82) is 0 Å². The lowest BCUT2D eigenvalue weighted by atomic mass is 10.3. The molecule has 0 aliphatic carbocycles. The fraction of sp³-hybridized carbons (Fsp3) is 0.727. The molecule has 1 rings (SSSR count). The fourth-order valence-corrected chi connectivity index (χ4v) is 3.22. The molecule has 92 valence electrons. The maximum atomic E-state index is 5.72. The summed E-state index contributed by atoms with van der Waals surface area (Å²) in [6, 6.07) is 0.300. The van der Waals surface area contributed by atoms with E-state index in [9.17, 15) is 0 Å². The summed E-state index contributed by atoms with van der Waals surface area (Å²) in [5, 5.41) is 4.47. The van der Waals surface area contributed by atoms with E-state index >= 15 is 0 Å². The normalized spacial score (nSPS) is 13.1. The molecule has 1 unspecified atom stereocenters. The quantitative estimate of drug-likeness (QED) is 0.822. The molecule has 0 saturated heterocycles. The van der Waals surface area contributed by atoms with Gasteiger partial charge in [-0.25, -0.2) is 0 Å². The summed E-state index contributed by atoms with van der Waals surface area (Å²) in [4.78, 5) is 0. The maximum absolute atomic E-state index is 5.72. The van der Waals surface area contributed by atoms with Crippen molar-refractivity contribution in [2.24, 2.45) is 5.73 Å². The molecule has 0 aromatic carbocycles. The molecule has 0 aliphatic heterocycles. The zero-order valence-corrected chi connectivity index (χ0v) is 12.6. The highest BCUT2D eigenvalue weighted by Gasteiger charge is 2.11. The van der Waals surface area contributed by atoms with Gasteiger partial charge in [0.15, 0.2) is 0 Å². The van der Waals surface area contributed by atoms with E-state index in [1.165, 1.54) is 5.69 Å². The Morgan fingerprint density at radius 2 is 2.25 bits per heavy atom. The smallest absolute Gasteiger partial charge is 0.0739 e. The zero-order valence-electron chi connectivity index (χ0n) is 10.2. The number of aromatic nitrogens is 2. The molecule has 2 N–H and O–H groups in total. The third-order valence-corrected chi connectivity index (χ3v) is 4.44. The molecule has 1 aromatic rings. The number of thioether (sulfide) groups is 1. The molecule has 0 radical (unpaired) electrons. The van der Waals surface area contributed by atoms with Crippen LogP contribution in [0.1, 0.15) is 31.7 Å². The zero-order chi connectivity index (χ0) is 12.1. The van der Waals surface area contributed by atoms with Crippen LogP contribution >= 0.6 is 27.7 Å². The minimum Gasteiger partial charge on any atom is -0.328 e. The Kier molecular flexibility index (Phi) is 5.86. The second-order valence-electron chi connectivity index (χ2n) is 3.98. The predicted octanol–water partition coefficient (Wildman–Crippen LogP) is 2.94. The number of nitrogens with zero attached hydrogens (tertiary/aromatic N) is 2. The van der Waals surface area contributed by atoms with Gasteiger partial charge in [-0.05, 0) is 48.9 Å². The minimum absolute atomic E-state index is 0.300. The molecule has 1 aromatic heterocycles. The summed E-state index contributed by atoms with van der Waals surface area (Å²) in [5.74, 6) is 2.11. The van der Waals surface area contributed by atoms with Crippen LogP contribution in [0.5, 0.6) is 0 Å². The molecule has 0 fully saturated rings. The lowest BCUT2D eigenvalue weighted by molar-refractivity contribution is 0.631. The van der Waals surface area contributed by atoms with Gasteiger partial charge in [-0.1, -0.05) is 0 Å². The van der Waals surface area contributed by atoms with Crippen molar-refractivity contribution in [3.63, 3.8) is 0 Å². The largest absolute Gasteiger partial charge is 0.328 e. The molecule has 3 nitrogen and oxygen atoms in total. The first-order chi connectivity index (χ1) is 7.56. The highest BCUT2D eigenvalue weighted by Crippen LogP contribution is 2.25. The monoisotopic (exact) mass is 305 g/mol. The van der Waals surface area contributed by atoms with Crippen molar-refractivity contribution in [1.82, 2.24) is 9.78 Å². The maximum Gasteiger partial charge on any atom is 0.0739 e. The average Bonchev–Trinajstić information content (AvgIpc) is 2.50. The summed E-state index contributed by atoms with van der Waals surface area (Å²) in [6.07, 6.45) is 1.07. The number of nitrogens with two attached hydrogens (primary N) is 1. The van der Waals surface area contributed by atoms with Crippen molar-refractivity contribution in [2.75, 3.05) is 5.75 Å². The fourth-order valence-electron chi connectivity index (χ4n) is 1.44. The summed E-state index contributed by atoms with van der Waals surface area (Å²) in [6.45, 7) is 7.13. The van der Waals surface area contributed by atoms with Gasteiger partial charge in [0.25, 0.3) is 0 Å². The van der Waals surface area contributed by atoms with Gasteiger partial charge >= 0.3 is 0 Å². The van der Waals surface area contributed by atoms with Gasteiger partial charge in [0, 0.05) is 18.3 Å². The summed E-state index contributed by atoms with van der Waals surface area (Å²) in [5.41, 5.74) is 8.08.